The highest BCUT2D eigenvalue weighted by Gasteiger charge is 2.19. The molecule has 4 aromatic heterocycles. The van der Waals surface area contributed by atoms with Crippen molar-refractivity contribution in [2.75, 3.05) is 6.61 Å². The minimum Gasteiger partial charge on any atom is -0.461 e. The van der Waals surface area contributed by atoms with E-state index in [1.165, 1.54) is 40.1 Å². The van der Waals surface area contributed by atoms with Gasteiger partial charge in [0, 0.05) is 29.3 Å². The number of nitrogens with two attached hydrogens (primary N) is 2. The number of amides is 1. The van der Waals surface area contributed by atoms with Gasteiger partial charge in [0.1, 0.15) is 35.5 Å². The molecule has 2 aromatic carbocycles. The Hall–Kier alpha value is -4.07. The third kappa shape index (κ3) is 16.7. The second kappa shape index (κ2) is 25.9. The number of primary amides is 1. The van der Waals surface area contributed by atoms with Crippen LogP contribution in [0.15, 0.2) is 94.4 Å². The summed E-state index contributed by atoms with van der Waals surface area (Å²) < 4.78 is 50.2. The maximum atomic E-state index is 13.9. The zero-order valence-electron chi connectivity index (χ0n) is 30.9. The van der Waals surface area contributed by atoms with E-state index in [1.54, 1.807) is 61.5 Å². The van der Waals surface area contributed by atoms with Crippen molar-refractivity contribution in [2.24, 2.45) is 10.5 Å². The molecule has 0 unspecified atom stereocenters. The third-order valence-corrected chi connectivity index (χ3v) is 6.25. The average Bonchev–Trinajstić information content (AvgIpc) is 3.91. The van der Waals surface area contributed by atoms with Crippen molar-refractivity contribution in [1.82, 2.24) is 36.0 Å². The summed E-state index contributed by atoms with van der Waals surface area (Å²) in [5, 5.41) is 16.0. The van der Waals surface area contributed by atoms with Crippen molar-refractivity contribution in [3.63, 3.8) is 0 Å². The molecule has 7 N–H and O–H groups in total. The molecule has 0 aliphatic heterocycles. The number of rotatable bonds is 9. The standard InChI is InChI=1S/C16H14FN3O3.C14H11FN4O2.4CH3.2Al.3ClH.H3N.H2N/c1-2-22-16(21)14-9-15(13-7-8-23-19-13)20(18-14)10-11-5-3-4-6-12(11)17;15-10-4-2-1-3-9(10)8-19-13(11-5-6-21-18-11)7-12(17-19)14(16)20;;;;;;;;;;;/h3-9H,2,10H2,1H3;1-7H,8H2,(H2,16,20);4*1H3;;;3*1H;1H3;1H2/q;;;;;;;+2;;;;;-1/p-1. The van der Waals surface area contributed by atoms with E-state index in [2.05, 4.69) is 37.9 Å². The first-order valence-corrected chi connectivity index (χ1v) is 23.1. The number of esters is 1. The smallest absolute Gasteiger partial charge is 0.461 e. The van der Waals surface area contributed by atoms with E-state index in [0.29, 0.717) is 33.9 Å². The van der Waals surface area contributed by atoms with E-state index in [9.17, 15) is 18.4 Å². The van der Waals surface area contributed by atoms with E-state index in [4.69, 9.17) is 34.3 Å². The lowest BCUT2D eigenvalue weighted by Gasteiger charge is -2.06. The highest BCUT2D eigenvalue weighted by atomic mass is 35.6. The topological polar surface area (TPSA) is 218 Å². The zero-order chi connectivity index (χ0) is 38.2. The Balaban J connectivity index is 0.000000851. The molecule has 6 rings (SSSR count). The molecular formula is C34H44Al2Cl3F2N9O5. The van der Waals surface area contributed by atoms with Gasteiger partial charge in [-0.15, -0.1) is 42.2 Å². The summed E-state index contributed by atoms with van der Waals surface area (Å²) in [5.74, 6) is 6.88. The summed E-state index contributed by atoms with van der Waals surface area (Å²) in [5.41, 5.74) is 8.44. The summed E-state index contributed by atoms with van der Waals surface area (Å²) in [7, 11) is 5.19. The summed E-state index contributed by atoms with van der Waals surface area (Å²) in [6.07, 6.45) is 2.82. The molecular weight excluding hydrogens is 813 g/mol. The van der Waals surface area contributed by atoms with Crippen LogP contribution in [0.3, 0.4) is 0 Å². The van der Waals surface area contributed by atoms with Gasteiger partial charge >= 0.3 is 19.4 Å². The molecule has 55 heavy (non-hydrogen) atoms. The molecule has 0 aliphatic carbocycles. The minimum atomic E-state index is -1.17. The van der Waals surface area contributed by atoms with Gasteiger partial charge in [0.25, 0.3) is 20.1 Å². The van der Waals surface area contributed by atoms with Crippen LogP contribution in [0, 0.1) is 11.6 Å². The summed E-state index contributed by atoms with van der Waals surface area (Å²) in [4.78, 5) is 23.2. The van der Waals surface area contributed by atoms with Crippen molar-refractivity contribution in [1.29, 1.82) is 0 Å². The molecule has 0 spiro atoms. The van der Waals surface area contributed by atoms with E-state index in [0.717, 1.165) is 0 Å². The molecule has 4 heterocycles. The number of hydrogen-bond donors (Lipinski definition) is 3. The van der Waals surface area contributed by atoms with Crippen molar-refractivity contribution in [2.45, 2.75) is 43.2 Å². The van der Waals surface area contributed by atoms with Gasteiger partial charge in [-0.05, 0) is 25.1 Å². The fraction of sp³-hybridized carbons (Fsp3) is 0.235. The van der Waals surface area contributed by atoms with Gasteiger partial charge in [-0.25, -0.2) is 23.6 Å². The summed E-state index contributed by atoms with van der Waals surface area (Å²) >= 11 is -1.31. The quantitative estimate of drug-likeness (QED) is 0.0961. The van der Waals surface area contributed by atoms with Crippen LogP contribution >= 0.6 is 34.9 Å². The van der Waals surface area contributed by atoms with E-state index >= 15 is 0 Å². The van der Waals surface area contributed by atoms with E-state index < -0.39 is 25.3 Å². The number of ether oxygens (including phenoxy) is 1. The van der Waals surface area contributed by atoms with Crippen LogP contribution in [0.5, 0.6) is 0 Å². The largest absolute Gasteiger partial charge is 0.494 e. The van der Waals surface area contributed by atoms with Crippen LogP contribution in [0.2, 0.25) is 23.1 Å². The van der Waals surface area contributed by atoms with Gasteiger partial charge in [-0.3, -0.25) is 14.2 Å². The van der Waals surface area contributed by atoms with Gasteiger partial charge in [0.05, 0.1) is 31.1 Å². The number of hydrogen-bond acceptors (Lipinski definition) is 11. The van der Waals surface area contributed by atoms with Crippen LogP contribution in [0.4, 0.5) is 8.78 Å². The molecule has 0 bridgehead atoms. The summed E-state index contributed by atoms with van der Waals surface area (Å²) in [6.45, 7) is 2.28. The first-order valence-electron chi connectivity index (χ1n) is 16.1. The number of aromatic nitrogens is 6. The molecule has 0 radical (unpaired) electrons. The van der Waals surface area contributed by atoms with E-state index in [1.807, 2.05) is 5.79 Å². The monoisotopic (exact) mass is 855 g/mol. The predicted octanol–water partition coefficient (Wildman–Crippen LogP) is 7.40. The lowest BCUT2D eigenvalue weighted by Crippen LogP contribution is -2.13. The highest BCUT2D eigenvalue weighted by Crippen LogP contribution is 2.22. The van der Waals surface area contributed by atoms with Crippen LogP contribution in [-0.4, -0.2) is 76.0 Å². The van der Waals surface area contributed by atoms with Crippen LogP contribution < -0.4 is 16.6 Å². The van der Waals surface area contributed by atoms with Crippen LogP contribution in [0.25, 0.3) is 22.8 Å². The molecule has 296 valence electrons. The fourth-order valence-corrected chi connectivity index (χ4v) is 4.18. The van der Waals surface area contributed by atoms with Crippen LogP contribution in [0.1, 0.15) is 39.0 Å². The maximum absolute atomic E-state index is 13.9. The van der Waals surface area contributed by atoms with Gasteiger partial charge in [-0.2, -0.15) is 10.2 Å². The summed E-state index contributed by atoms with van der Waals surface area (Å²) in [6, 6.07) is 19.1. The molecule has 21 heteroatoms. The molecule has 0 aliphatic rings. The Bertz CT molecular complexity index is 1990. The van der Waals surface area contributed by atoms with Gasteiger partial charge in [0.2, 0.25) is 0 Å². The van der Waals surface area contributed by atoms with Crippen molar-refractivity contribution in [3.8, 4) is 22.8 Å². The van der Waals surface area contributed by atoms with Crippen LogP contribution in [-0.2, 0) is 17.8 Å². The molecule has 1 amide bonds. The fourth-order valence-electron chi connectivity index (χ4n) is 4.18. The Labute approximate surface area is 343 Å². The van der Waals surface area contributed by atoms with Crippen molar-refractivity contribution < 1.29 is 32.2 Å². The van der Waals surface area contributed by atoms with Gasteiger partial charge in [0.15, 0.2) is 11.4 Å². The number of carbonyl (C=O) groups excluding carboxylic acids is 2. The van der Waals surface area contributed by atoms with Crippen molar-refractivity contribution >= 4 is 74.3 Å². The second-order valence-electron chi connectivity index (χ2n) is 11.6. The lowest BCUT2D eigenvalue weighted by atomic mass is 10.2. The first kappa shape index (κ1) is 50.9. The molecule has 6 aromatic rings. The molecule has 0 atom stereocenters. The third-order valence-electron chi connectivity index (χ3n) is 6.25. The molecule has 0 saturated carbocycles. The Morgan fingerprint density at radius 3 is 1.51 bits per heavy atom. The Kier molecular flexibility index (Phi) is 24.0. The molecule has 0 saturated heterocycles. The predicted molar refractivity (Wildman–Crippen MR) is 215 cm³/mol. The van der Waals surface area contributed by atoms with Crippen molar-refractivity contribution in [3.05, 3.63) is 119 Å². The second-order valence-corrected chi connectivity index (χ2v) is 18.5. The number of halogens is 5. The molecule has 0 fully saturated rings. The SMILES string of the molecule is CCOC(=O)c1cc(-c2ccon2)n(Cc2ccccc2F)n1.Cl.Cl.N.NC(=O)c1cc(-c2ccon2)n(Cc2ccccc2F)n1.[CH3][Al]([CH3])[CH3].[CH3][Al]([NH2])[Cl]. The van der Waals surface area contributed by atoms with E-state index in [-0.39, 0.29) is 87.8 Å². The number of nitrogens with zero attached hydrogens (tertiary/aromatic N) is 6. The average molecular weight is 857 g/mol. The normalized spacial score (nSPS) is 9.55. The first-order chi connectivity index (χ1) is 24.8. The van der Waals surface area contributed by atoms with Gasteiger partial charge in [-0.1, -0.05) is 52.5 Å². The Morgan fingerprint density at radius 2 is 1.16 bits per heavy atom. The zero-order valence-corrected chi connectivity index (χ0v) is 35.6. The number of carbonyl (C=O) groups is 2. The molecule has 14 nitrogen and oxygen atoms in total. The number of benzene rings is 2. The maximum Gasteiger partial charge on any atom is 0.494 e. The van der Waals surface area contributed by atoms with Gasteiger partial charge < -0.3 is 30.4 Å². The minimum absolute atomic E-state index is 0. The lowest BCUT2D eigenvalue weighted by molar-refractivity contribution is 0.0518. The Morgan fingerprint density at radius 1 is 0.782 bits per heavy atom. The highest BCUT2D eigenvalue weighted by molar-refractivity contribution is 7.04.